The van der Waals surface area contributed by atoms with Gasteiger partial charge in [-0.1, -0.05) is 133 Å². The molecule has 0 amide bonds. The number of anilines is 3. The molecule has 0 radical (unpaired) electrons. The van der Waals surface area contributed by atoms with E-state index < -0.39 is 5.41 Å². The van der Waals surface area contributed by atoms with Gasteiger partial charge in [0, 0.05) is 44.5 Å². The van der Waals surface area contributed by atoms with Gasteiger partial charge in [-0.15, -0.1) is 0 Å². The summed E-state index contributed by atoms with van der Waals surface area (Å²) in [6.07, 6.45) is 0. The molecule has 0 fully saturated rings. The molecule has 2 heterocycles. The van der Waals surface area contributed by atoms with Crippen molar-refractivity contribution in [2.45, 2.75) is 5.41 Å². The lowest BCUT2D eigenvalue weighted by molar-refractivity contribution is 0.668. The van der Waals surface area contributed by atoms with Gasteiger partial charge in [0.15, 0.2) is 0 Å². The zero-order valence-corrected chi connectivity index (χ0v) is 28.2. The quantitative estimate of drug-likeness (QED) is 0.183. The standard InChI is InChI=1S/C49H31NO2/c1-3-14-32(15-4-1)49(33-16-5-2-6-17-33)41-21-10-7-20-39(41)48-42(49)22-13-23-43(48)50(34-27-29-46-40(30-34)37-19-9-12-25-45(37)51-46)35-26-28-38-36-18-8-11-24-44(36)52-47(38)31-35/h1-31H. The molecular weight excluding hydrogens is 635 g/mol. The SMILES string of the molecule is c1ccc(C2(c3ccccc3)c3ccccc3-c3c(N(c4ccc5c(c4)oc4ccccc45)c4ccc5oc6ccccc6c5c4)cccc32)cc1. The second-order valence-electron chi connectivity index (χ2n) is 13.6. The van der Waals surface area contributed by atoms with Gasteiger partial charge in [0.2, 0.25) is 0 Å². The lowest BCUT2D eigenvalue weighted by Gasteiger charge is -2.34. The van der Waals surface area contributed by atoms with Gasteiger partial charge < -0.3 is 13.7 Å². The summed E-state index contributed by atoms with van der Waals surface area (Å²) in [6, 6.07) is 67.4. The normalized spacial score (nSPS) is 13.2. The maximum Gasteiger partial charge on any atom is 0.137 e. The molecule has 244 valence electrons. The highest BCUT2D eigenvalue weighted by Crippen LogP contribution is 2.59. The Labute approximate surface area is 300 Å². The summed E-state index contributed by atoms with van der Waals surface area (Å²) in [6.45, 7) is 0. The minimum atomic E-state index is -0.510. The first-order valence-corrected chi connectivity index (χ1v) is 17.8. The van der Waals surface area contributed by atoms with Crippen molar-refractivity contribution in [1.82, 2.24) is 0 Å². The predicted octanol–water partition coefficient (Wildman–Crippen LogP) is 13.3. The highest BCUT2D eigenvalue weighted by molar-refractivity contribution is 6.09. The minimum absolute atomic E-state index is 0.510. The van der Waals surface area contributed by atoms with Crippen LogP contribution in [-0.4, -0.2) is 0 Å². The molecule has 0 bridgehead atoms. The topological polar surface area (TPSA) is 29.5 Å². The van der Waals surface area contributed by atoms with Crippen molar-refractivity contribution in [3.63, 3.8) is 0 Å². The van der Waals surface area contributed by atoms with Crippen molar-refractivity contribution < 1.29 is 8.83 Å². The molecular formula is C49H31NO2. The van der Waals surface area contributed by atoms with Gasteiger partial charge in [0.05, 0.1) is 11.1 Å². The van der Waals surface area contributed by atoms with E-state index in [0.29, 0.717) is 0 Å². The average Bonchev–Trinajstić information content (AvgIpc) is 3.87. The van der Waals surface area contributed by atoms with Crippen molar-refractivity contribution in [3.05, 3.63) is 210 Å². The smallest absolute Gasteiger partial charge is 0.137 e. The van der Waals surface area contributed by atoms with Gasteiger partial charge in [0.25, 0.3) is 0 Å². The molecule has 0 saturated carbocycles. The number of benzene rings is 8. The molecule has 52 heavy (non-hydrogen) atoms. The third kappa shape index (κ3) is 4.02. The van der Waals surface area contributed by atoms with Crippen LogP contribution in [0.3, 0.4) is 0 Å². The molecule has 3 heteroatoms. The second kappa shape index (κ2) is 11.1. The zero-order chi connectivity index (χ0) is 34.2. The molecule has 11 rings (SSSR count). The Morgan fingerprint density at radius 1 is 0.365 bits per heavy atom. The second-order valence-corrected chi connectivity index (χ2v) is 13.6. The highest BCUT2D eigenvalue weighted by atomic mass is 16.3. The molecule has 3 nitrogen and oxygen atoms in total. The van der Waals surface area contributed by atoms with E-state index in [0.717, 1.165) is 60.9 Å². The van der Waals surface area contributed by atoms with Gasteiger partial charge >= 0.3 is 0 Å². The maximum absolute atomic E-state index is 6.49. The fraction of sp³-hybridized carbons (Fsp3) is 0.0204. The fourth-order valence-electron chi connectivity index (χ4n) is 8.79. The van der Waals surface area contributed by atoms with Crippen molar-refractivity contribution in [2.75, 3.05) is 4.90 Å². The van der Waals surface area contributed by atoms with Crippen LogP contribution in [-0.2, 0) is 5.41 Å². The average molecular weight is 666 g/mol. The van der Waals surface area contributed by atoms with E-state index in [9.17, 15) is 0 Å². The number of furan rings is 2. The summed E-state index contributed by atoms with van der Waals surface area (Å²) in [7, 11) is 0. The van der Waals surface area contributed by atoms with E-state index in [-0.39, 0.29) is 0 Å². The molecule has 0 unspecified atom stereocenters. The van der Waals surface area contributed by atoms with E-state index in [1.165, 1.54) is 33.4 Å². The largest absolute Gasteiger partial charge is 0.456 e. The van der Waals surface area contributed by atoms with E-state index in [4.69, 9.17) is 8.83 Å². The molecule has 10 aromatic rings. The van der Waals surface area contributed by atoms with Gasteiger partial charge in [-0.05, 0) is 76.3 Å². The summed E-state index contributed by atoms with van der Waals surface area (Å²) in [5.41, 5.74) is 13.6. The molecule has 1 aliphatic carbocycles. The Morgan fingerprint density at radius 2 is 0.904 bits per heavy atom. The van der Waals surface area contributed by atoms with Crippen LogP contribution in [0.1, 0.15) is 22.3 Å². The number of nitrogens with zero attached hydrogens (tertiary/aromatic N) is 1. The Kier molecular flexibility index (Phi) is 6.17. The fourth-order valence-corrected chi connectivity index (χ4v) is 8.79. The maximum atomic E-state index is 6.49. The number of para-hydroxylation sites is 2. The Balaban J connectivity index is 1.23. The van der Waals surface area contributed by atoms with Crippen LogP contribution in [0.25, 0.3) is 55.0 Å². The lowest BCUT2D eigenvalue weighted by Crippen LogP contribution is -2.28. The first-order valence-electron chi connectivity index (χ1n) is 17.8. The van der Waals surface area contributed by atoms with E-state index in [1.54, 1.807) is 0 Å². The van der Waals surface area contributed by atoms with Crippen LogP contribution in [0, 0.1) is 0 Å². The minimum Gasteiger partial charge on any atom is -0.456 e. The van der Waals surface area contributed by atoms with E-state index >= 15 is 0 Å². The van der Waals surface area contributed by atoms with E-state index in [2.05, 4.69) is 169 Å². The molecule has 2 aromatic heterocycles. The van der Waals surface area contributed by atoms with Crippen LogP contribution < -0.4 is 4.90 Å². The molecule has 0 N–H and O–H groups in total. The van der Waals surface area contributed by atoms with Gasteiger partial charge in [-0.3, -0.25) is 0 Å². The zero-order valence-electron chi connectivity index (χ0n) is 28.2. The van der Waals surface area contributed by atoms with Crippen LogP contribution in [0.5, 0.6) is 0 Å². The Morgan fingerprint density at radius 3 is 1.65 bits per heavy atom. The summed E-state index contributed by atoms with van der Waals surface area (Å²) >= 11 is 0. The third-order valence-electron chi connectivity index (χ3n) is 10.9. The predicted molar refractivity (Wildman–Crippen MR) is 213 cm³/mol. The van der Waals surface area contributed by atoms with Crippen molar-refractivity contribution in [3.8, 4) is 11.1 Å². The number of rotatable bonds is 5. The van der Waals surface area contributed by atoms with Crippen molar-refractivity contribution in [2.24, 2.45) is 0 Å². The van der Waals surface area contributed by atoms with Crippen molar-refractivity contribution >= 4 is 60.9 Å². The summed E-state index contributed by atoms with van der Waals surface area (Å²) in [5, 5.41) is 4.40. The van der Waals surface area contributed by atoms with Gasteiger partial charge in [-0.25, -0.2) is 0 Å². The Bertz CT molecular complexity index is 2930. The van der Waals surface area contributed by atoms with Gasteiger partial charge in [-0.2, -0.15) is 0 Å². The highest BCUT2D eigenvalue weighted by Gasteiger charge is 2.47. The van der Waals surface area contributed by atoms with Crippen LogP contribution in [0.4, 0.5) is 17.1 Å². The molecule has 0 spiro atoms. The number of fused-ring (bicyclic) bond motifs is 9. The van der Waals surface area contributed by atoms with Gasteiger partial charge in [0.1, 0.15) is 22.3 Å². The molecule has 1 aliphatic rings. The van der Waals surface area contributed by atoms with Crippen LogP contribution >= 0.6 is 0 Å². The molecule has 0 atom stereocenters. The first kappa shape index (κ1) is 28.9. The van der Waals surface area contributed by atoms with E-state index in [1.807, 2.05) is 24.3 Å². The Hall–Kier alpha value is -6.84. The van der Waals surface area contributed by atoms with Crippen LogP contribution in [0.15, 0.2) is 197 Å². The summed E-state index contributed by atoms with van der Waals surface area (Å²) in [5.74, 6) is 0. The molecule has 8 aromatic carbocycles. The van der Waals surface area contributed by atoms with Crippen molar-refractivity contribution in [1.29, 1.82) is 0 Å². The monoisotopic (exact) mass is 665 g/mol. The van der Waals surface area contributed by atoms with Crippen LogP contribution in [0.2, 0.25) is 0 Å². The lowest BCUT2D eigenvalue weighted by atomic mass is 9.68. The molecule has 0 aliphatic heterocycles. The third-order valence-corrected chi connectivity index (χ3v) is 10.9. The number of hydrogen-bond acceptors (Lipinski definition) is 3. The first-order chi connectivity index (χ1) is 25.8. The number of hydrogen-bond donors (Lipinski definition) is 0. The molecule has 0 saturated heterocycles. The summed E-state index contributed by atoms with van der Waals surface area (Å²) < 4.78 is 12.8. The summed E-state index contributed by atoms with van der Waals surface area (Å²) in [4.78, 5) is 2.40.